The molecule has 0 bridgehead atoms. The quantitative estimate of drug-likeness (QED) is 0.648. The summed E-state index contributed by atoms with van der Waals surface area (Å²) in [6.45, 7) is 2.91. The van der Waals surface area contributed by atoms with Gasteiger partial charge in [-0.15, -0.1) is 0 Å². The summed E-state index contributed by atoms with van der Waals surface area (Å²) in [7, 11) is -3.02. The Labute approximate surface area is 123 Å². The fourth-order valence-electron chi connectivity index (χ4n) is 2.88. The summed E-state index contributed by atoms with van der Waals surface area (Å²) in [6, 6.07) is -0.0955. The highest BCUT2D eigenvalue weighted by atomic mass is 32.2. The van der Waals surface area contributed by atoms with Crippen LogP contribution in [0, 0.1) is 0 Å². The van der Waals surface area contributed by atoms with E-state index in [0.29, 0.717) is 6.42 Å². The second kappa shape index (κ2) is 8.65. The number of rotatable bonds is 8. The largest absolute Gasteiger partial charge is 0.339 e. The van der Waals surface area contributed by atoms with Gasteiger partial charge in [0.25, 0.3) is 0 Å². The van der Waals surface area contributed by atoms with E-state index >= 15 is 0 Å². The molecule has 4 nitrogen and oxygen atoms in total. The van der Waals surface area contributed by atoms with Crippen molar-refractivity contribution in [2.24, 2.45) is 0 Å². The van der Waals surface area contributed by atoms with Crippen molar-refractivity contribution in [3.63, 3.8) is 0 Å². The van der Waals surface area contributed by atoms with Crippen LogP contribution in [-0.2, 0) is 14.6 Å². The molecule has 1 amide bonds. The lowest BCUT2D eigenvalue weighted by molar-refractivity contribution is -0.134. The highest BCUT2D eigenvalue weighted by molar-refractivity contribution is 7.90. The summed E-state index contributed by atoms with van der Waals surface area (Å²) >= 11 is 0. The first kappa shape index (κ1) is 17.5. The fraction of sp³-hybridized carbons (Fsp3) is 0.933. The third-order valence-electron chi connectivity index (χ3n) is 3.94. The van der Waals surface area contributed by atoms with Crippen molar-refractivity contribution in [1.29, 1.82) is 0 Å². The second-order valence-electron chi connectivity index (χ2n) is 5.99. The van der Waals surface area contributed by atoms with Gasteiger partial charge >= 0.3 is 0 Å². The molecule has 0 aliphatic carbocycles. The lowest BCUT2D eigenvalue weighted by atomic mass is 10.0. The van der Waals surface area contributed by atoms with Gasteiger partial charge in [-0.3, -0.25) is 4.79 Å². The SMILES string of the molecule is CCCCCCCC(=O)N1CCCC[C@H]1CS(C)(=O)=O. The van der Waals surface area contributed by atoms with Gasteiger partial charge in [0, 0.05) is 25.3 Å². The zero-order valence-corrected chi connectivity index (χ0v) is 13.8. The van der Waals surface area contributed by atoms with Crippen LogP contribution in [0.5, 0.6) is 0 Å². The zero-order valence-electron chi connectivity index (χ0n) is 12.9. The molecule has 0 unspecified atom stereocenters. The van der Waals surface area contributed by atoms with E-state index in [-0.39, 0.29) is 17.7 Å². The van der Waals surface area contributed by atoms with Gasteiger partial charge in [0.15, 0.2) is 0 Å². The third kappa shape index (κ3) is 6.73. The van der Waals surface area contributed by atoms with Crippen molar-refractivity contribution in [3.05, 3.63) is 0 Å². The van der Waals surface area contributed by atoms with Gasteiger partial charge in [0.2, 0.25) is 5.91 Å². The molecule has 1 saturated heterocycles. The number of unbranched alkanes of at least 4 members (excludes halogenated alkanes) is 4. The summed E-state index contributed by atoms with van der Waals surface area (Å²) in [5.41, 5.74) is 0. The number of carbonyl (C=O) groups is 1. The first-order chi connectivity index (χ1) is 9.44. The Morgan fingerprint density at radius 2 is 1.85 bits per heavy atom. The number of carbonyl (C=O) groups excluding carboxylic acids is 1. The molecule has 0 aromatic heterocycles. The molecule has 5 heteroatoms. The molecular formula is C15H29NO3S. The van der Waals surface area contributed by atoms with Gasteiger partial charge in [0.05, 0.1) is 5.75 Å². The molecule has 1 heterocycles. The Hall–Kier alpha value is -0.580. The van der Waals surface area contributed by atoms with Crippen LogP contribution in [0.4, 0.5) is 0 Å². The van der Waals surface area contributed by atoms with E-state index in [1.807, 2.05) is 4.90 Å². The van der Waals surface area contributed by atoms with Crippen molar-refractivity contribution in [2.45, 2.75) is 70.8 Å². The fourth-order valence-corrected chi connectivity index (χ4v) is 3.92. The van der Waals surface area contributed by atoms with Gasteiger partial charge < -0.3 is 4.90 Å². The number of hydrogen-bond acceptors (Lipinski definition) is 3. The van der Waals surface area contributed by atoms with E-state index in [1.54, 1.807) is 0 Å². The van der Waals surface area contributed by atoms with Gasteiger partial charge in [-0.25, -0.2) is 8.42 Å². The van der Waals surface area contributed by atoms with Crippen molar-refractivity contribution in [2.75, 3.05) is 18.6 Å². The van der Waals surface area contributed by atoms with Crippen LogP contribution in [0.25, 0.3) is 0 Å². The van der Waals surface area contributed by atoms with E-state index in [0.717, 1.165) is 38.6 Å². The third-order valence-corrected chi connectivity index (χ3v) is 4.93. The van der Waals surface area contributed by atoms with Crippen LogP contribution in [0.2, 0.25) is 0 Å². The van der Waals surface area contributed by atoms with E-state index in [4.69, 9.17) is 0 Å². The molecule has 1 atom stereocenters. The molecule has 20 heavy (non-hydrogen) atoms. The maximum Gasteiger partial charge on any atom is 0.222 e. The van der Waals surface area contributed by atoms with Gasteiger partial charge in [-0.05, 0) is 25.7 Å². The Balaban J connectivity index is 2.42. The molecule has 0 aromatic rings. The second-order valence-corrected chi connectivity index (χ2v) is 8.18. The molecular weight excluding hydrogens is 274 g/mol. The number of nitrogens with zero attached hydrogens (tertiary/aromatic N) is 1. The summed E-state index contributed by atoms with van der Waals surface area (Å²) in [4.78, 5) is 14.1. The maximum absolute atomic E-state index is 12.3. The van der Waals surface area contributed by atoms with E-state index in [1.165, 1.54) is 25.5 Å². The van der Waals surface area contributed by atoms with E-state index < -0.39 is 9.84 Å². The van der Waals surface area contributed by atoms with Gasteiger partial charge in [0.1, 0.15) is 9.84 Å². The highest BCUT2D eigenvalue weighted by Gasteiger charge is 2.28. The first-order valence-electron chi connectivity index (χ1n) is 7.91. The van der Waals surface area contributed by atoms with Gasteiger partial charge in [-0.2, -0.15) is 0 Å². The summed E-state index contributed by atoms with van der Waals surface area (Å²) < 4.78 is 22.9. The van der Waals surface area contributed by atoms with Crippen molar-refractivity contribution < 1.29 is 13.2 Å². The molecule has 1 aliphatic rings. The van der Waals surface area contributed by atoms with Crippen LogP contribution < -0.4 is 0 Å². The van der Waals surface area contributed by atoms with Crippen LogP contribution in [0.1, 0.15) is 64.7 Å². The number of piperidine rings is 1. The summed E-state index contributed by atoms with van der Waals surface area (Å²) in [5.74, 6) is 0.268. The predicted molar refractivity (Wildman–Crippen MR) is 82.4 cm³/mol. The zero-order chi connectivity index (χ0) is 15.0. The minimum absolute atomic E-state index is 0.0955. The number of likely N-dealkylation sites (tertiary alicyclic amines) is 1. The van der Waals surface area contributed by atoms with Crippen LogP contribution in [0.15, 0.2) is 0 Å². The molecule has 1 rings (SSSR count). The van der Waals surface area contributed by atoms with Crippen LogP contribution in [0.3, 0.4) is 0 Å². The molecule has 1 fully saturated rings. The summed E-state index contributed by atoms with van der Waals surface area (Å²) in [5, 5.41) is 0. The first-order valence-corrected chi connectivity index (χ1v) is 9.97. The van der Waals surface area contributed by atoms with E-state index in [9.17, 15) is 13.2 Å². The highest BCUT2D eigenvalue weighted by Crippen LogP contribution is 2.20. The Morgan fingerprint density at radius 1 is 1.15 bits per heavy atom. The topological polar surface area (TPSA) is 54.5 Å². The minimum Gasteiger partial charge on any atom is -0.339 e. The number of hydrogen-bond donors (Lipinski definition) is 0. The van der Waals surface area contributed by atoms with E-state index in [2.05, 4.69) is 6.92 Å². The summed E-state index contributed by atoms with van der Waals surface area (Å²) in [6.07, 6.45) is 10.3. The molecule has 0 spiro atoms. The Kier molecular flexibility index (Phi) is 7.56. The lowest BCUT2D eigenvalue weighted by Crippen LogP contribution is -2.46. The molecule has 0 N–H and O–H groups in total. The van der Waals surface area contributed by atoms with Gasteiger partial charge in [-0.1, -0.05) is 32.6 Å². The minimum atomic E-state index is -3.02. The number of sulfone groups is 1. The monoisotopic (exact) mass is 303 g/mol. The average molecular weight is 303 g/mol. The predicted octanol–water partition coefficient (Wildman–Crippen LogP) is 2.77. The lowest BCUT2D eigenvalue weighted by Gasteiger charge is -2.35. The maximum atomic E-state index is 12.3. The Morgan fingerprint density at radius 3 is 2.50 bits per heavy atom. The Bertz CT molecular complexity index is 392. The molecule has 1 aliphatic heterocycles. The van der Waals surface area contributed by atoms with Crippen LogP contribution >= 0.6 is 0 Å². The van der Waals surface area contributed by atoms with Crippen LogP contribution in [-0.4, -0.2) is 43.8 Å². The molecule has 118 valence electrons. The van der Waals surface area contributed by atoms with Crippen molar-refractivity contribution >= 4 is 15.7 Å². The van der Waals surface area contributed by atoms with Crippen molar-refractivity contribution in [3.8, 4) is 0 Å². The molecule has 0 aromatic carbocycles. The number of amides is 1. The molecule has 0 radical (unpaired) electrons. The smallest absolute Gasteiger partial charge is 0.222 e. The standard InChI is InChI=1S/C15H29NO3S/c1-3-4-5-6-7-11-15(17)16-12-9-8-10-14(16)13-20(2,18)19/h14H,3-13H2,1-2H3/t14-/m0/s1. The average Bonchev–Trinajstić information content (AvgIpc) is 2.37. The molecule has 0 saturated carbocycles. The normalized spacial score (nSPS) is 20.1. The van der Waals surface area contributed by atoms with Crippen molar-refractivity contribution in [1.82, 2.24) is 4.90 Å².